The number of hydrogen-bond acceptors (Lipinski definition) is 4. The molecule has 0 saturated carbocycles. The van der Waals surface area contributed by atoms with Gasteiger partial charge >= 0.3 is 0 Å². The van der Waals surface area contributed by atoms with Crippen molar-refractivity contribution >= 4 is 11.8 Å². The fourth-order valence-electron chi connectivity index (χ4n) is 1.12. The van der Waals surface area contributed by atoms with Gasteiger partial charge in [0.05, 0.1) is 6.10 Å². The van der Waals surface area contributed by atoms with Crippen molar-refractivity contribution in [1.82, 2.24) is 0 Å². The number of benzene rings is 1. The molecule has 1 aromatic rings. The molecule has 132 valence electrons. The molecule has 0 spiro atoms. The van der Waals surface area contributed by atoms with Crippen LogP contribution in [-0.4, -0.2) is 34.8 Å². The zero-order valence-electron chi connectivity index (χ0n) is 15.3. The van der Waals surface area contributed by atoms with Crippen molar-refractivity contribution in [3.05, 3.63) is 29.8 Å². The molecule has 3 N–H and O–H groups in total. The predicted molar refractivity (Wildman–Crippen MR) is 99.5 cm³/mol. The topological polar surface area (TPSA) is 60.7 Å². The maximum Gasteiger partial charge on any atom is 0.0811 e. The Balaban J connectivity index is -0.000000338. The lowest BCUT2D eigenvalue weighted by Gasteiger charge is -2.09. The van der Waals surface area contributed by atoms with Crippen LogP contribution in [0.3, 0.4) is 0 Å². The summed E-state index contributed by atoms with van der Waals surface area (Å²) < 4.78 is 0. The average Bonchev–Trinajstić information content (AvgIpc) is 2.59. The number of thioether (sulfide) groups is 1. The van der Waals surface area contributed by atoms with Gasteiger partial charge in [-0.25, -0.2) is 0 Å². The van der Waals surface area contributed by atoms with Gasteiger partial charge in [-0.1, -0.05) is 53.7 Å². The summed E-state index contributed by atoms with van der Waals surface area (Å²) in [5.41, 5.74) is 0.867. The van der Waals surface area contributed by atoms with Gasteiger partial charge < -0.3 is 15.3 Å². The van der Waals surface area contributed by atoms with Gasteiger partial charge in [0.25, 0.3) is 0 Å². The third kappa shape index (κ3) is 15.8. The van der Waals surface area contributed by atoms with Crippen molar-refractivity contribution in [3.63, 3.8) is 0 Å². The fraction of sp³-hybridized carbons (Fsp3) is 0.667. The molecule has 3 nitrogen and oxygen atoms in total. The quantitative estimate of drug-likeness (QED) is 0.694. The van der Waals surface area contributed by atoms with Crippen molar-refractivity contribution in [2.45, 2.75) is 59.0 Å². The SMILES string of the molecule is CC.CC.CC(C)CO.CSc1ccc([C@H](O)CCO)cc1. The zero-order chi connectivity index (χ0) is 18.0. The smallest absolute Gasteiger partial charge is 0.0811 e. The van der Waals surface area contributed by atoms with Crippen molar-refractivity contribution in [2.24, 2.45) is 5.92 Å². The first-order valence-corrected chi connectivity index (χ1v) is 9.31. The minimum Gasteiger partial charge on any atom is -0.396 e. The Hall–Kier alpha value is -0.550. The summed E-state index contributed by atoms with van der Waals surface area (Å²) in [6.45, 7) is 12.3. The molecule has 0 aliphatic heterocycles. The van der Waals surface area contributed by atoms with E-state index in [1.54, 1.807) is 11.8 Å². The lowest BCUT2D eigenvalue weighted by atomic mass is 10.1. The third-order valence-corrected chi connectivity index (χ3v) is 3.01. The van der Waals surface area contributed by atoms with Crippen molar-refractivity contribution in [2.75, 3.05) is 19.5 Å². The summed E-state index contributed by atoms with van der Waals surface area (Å²) >= 11 is 1.67. The summed E-state index contributed by atoms with van der Waals surface area (Å²) in [5, 5.41) is 26.3. The van der Waals surface area contributed by atoms with Crippen LogP contribution in [0.25, 0.3) is 0 Å². The maximum atomic E-state index is 9.52. The Morgan fingerprint density at radius 3 is 1.64 bits per heavy atom. The molecule has 0 aliphatic carbocycles. The van der Waals surface area contributed by atoms with Gasteiger partial charge in [0.1, 0.15) is 0 Å². The van der Waals surface area contributed by atoms with E-state index >= 15 is 0 Å². The monoisotopic (exact) mass is 332 g/mol. The highest BCUT2D eigenvalue weighted by molar-refractivity contribution is 7.98. The highest BCUT2D eigenvalue weighted by Crippen LogP contribution is 2.20. The predicted octanol–water partition coefficient (Wildman–Crippen LogP) is 4.51. The van der Waals surface area contributed by atoms with E-state index in [4.69, 9.17) is 10.2 Å². The normalized spacial score (nSPS) is 10.3. The molecule has 4 heteroatoms. The molecule has 1 aromatic carbocycles. The van der Waals surface area contributed by atoms with Crippen LogP contribution in [0.5, 0.6) is 0 Å². The van der Waals surface area contributed by atoms with Crippen LogP contribution in [0.4, 0.5) is 0 Å². The molecular formula is C18H36O3S. The minimum absolute atomic E-state index is 0.0193. The second-order valence-electron chi connectivity index (χ2n) is 4.38. The van der Waals surface area contributed by atoms with Crippen LogP contribution in [0.1, 0.15) is 59.6 Å². The molecular weight excluding hydrogens is 296 g/mol. The Bertz CT molecular complexity index is 300. The fourth-order valence-corrected chi connectivity index (χ4v) is 1.52. The summed E-state index contributed by atoms with van der Waals surface area (Å²) in [6, 6.07) is 7.74. The zero-order valence-corrected chi connectivity index (χ0v) is 16.2. The van der Waals surface area contributed by atoms with Crippen LogP contribution in [0, 0.1) is 5.92 Å². The molecule has 1 atom stereocenters. The lowest BCUT2D eigenvalue weighted by Crippen LogP contribution is -1.99. The van der Waals surface area contributed by atoms with Gasteiger partial charge in [-0.2, -0.15) is 0 Å². The van der Waals surface area contributed by atoms with Gasteiger partial charge in [0.2, 0.25) is 0 Å². The van der Waals surface area contributed by atoms with Crippen LogP contribution in [0.15, 0.2) is 29.2 Å². The minimum atomic E-state index is -0.541. The second kappa shape index (κ2) is 20.5. The second-order valence-corrected chi connectivity index (χ2v) is 5.26. The van der Waals surface area contributed by atoms with E-state index in [0.29, 0.717) is 18.9 Å². The first kappa shape index (κ1) is 26.4. The van der Waals surface area contributed by atoms with E-state index in [9.17, 15) is 5.11 Å². The lowest BCUT2D eigenvalue weighted by molar-refractivity contribution is 0.134. The Kier molecular flexibility index (Phi) is 24.5. The molecule has 0 bridgehead atoms. The van der Waals surface area contributed by atoms with Crippen molar-refractivity contribution in [3.8, 4) is 0 Å². The highest BCUT2D eigenvalue weighted by Gasteiger charge is 2.05. The molecule has 0 heterocycles. The van der Waals surface area contributed by atoms with E-state index in [-0.39, 0.29) is 6.61 Å². The highest BCUT2D eigenvalue weighted by atomic mass is 32.2. The number of aliphatic hydroxyl groups is 3. The molecule has 22 heavy (non-hydrogen) atoms. The standard InChI is InChI=1S/C10H14O2S.C4H10O.2C2H6/c1-13-9-4-2-8(3-5-9)10(12)6-7-11;1-4(2)3-5;2*1-2/h2-5,10-12H,6-7H2,1H3;4-5H,3H2,1-2H3;2*1-2H3/t10-;;;/m1.../s1. The Morgan fingerprint density at radius 2 is 1.36 bits per heavy atom. The van der Waals surface area contributed by atoms with E-state index in [0.717, 1.165) is 5.56 Å². The average molecular weight is 333 g/mol. The van der Waals surface area contributed by atoms with Crippen LogP contribution < -0.4 is 0 Å². The molecule has 0 saturated heterocycles. The first-order valence-electron chi connectivity index (χ1n) is 8.08. The van der Waals surface area contributed by atoms with Crippen LogP contribution in [-0.2, 0) is 0 Å². The molecule has 0 amide bonds. The first-order chi connectivity index (χ1) is 10.5. The van der Waals surface area contributed by atoms with Gasteiger partial charge in [0, 0.05) is 24.5 Å². The third-order valence-electron chi connectivity index (χ3n) is 2.27. The maximum absolute atomic E-state index is 9.52. The number of hydrogen-bond donors (Lipinski definition) is 3. The van der Waals surface area contributed by atoms with E-state index in [1.165, 1.54) is 4.90 Å². The van der Waals surface area contributed by atoms with Gasteiger partial charge in [-0.15, -0.1) is 11.8 Å². The molecule has 0 fully saturated rings. The summed E-state index contributed by atoms with van der Waals surface area (Å²) in [6.07, 6.45) is 1.87. The molecule has 0 aromatic heterocycles. The Morgan fingerprint density at radius 1 is 0.955 bits per heavy atom. The van der Waals surface area contributed by atoms with Gasteiger partial charge in [0.15, 0.2) is 0 Å². The largest absolute Gasteiger partial charge is 0.396 e. The summed E-state index contributed by atoms with van der Waals surface area (Å²) in [5.74, 6) is 0.440. The molecule has 1 rings (SSSR count). The molecule has 0 aliphatic rings. The van der Waals surface area contributed by atoms with Crippen LogP contribution in [0.2, 0.25) is 0 Å². The number of aliphatic hydroxyl groups excluding tert-OH is 3. The van der Waals surface area contributed by atoms with Gasteiger partial charge in [-0.3, -0.25) is 0 Å². The van der Waals surface area contributed by atoms with Crippen LogP contribution >= 0.6 is 11.8 Å². The van der Waals surface area contributed by atoms with E-state index in [1.807, 2.05) is 72.1 Å². The van der Waals surface area contributed by atoms with Gasteiger partial charge in [-0.05, 0) is 29.9 Å². The van der Waals surface area contributed by atoms with E-state index in [2.05, 4.69) is 0 Å². The Labute approximate surface area is 141 Å². The summed E-state index contributed by atoms with van der Waals surface area (Å²) in [7, 11) is 0. The summed E-state index contributed by atoms with van der Waals surface area (Å²) in [4.78, 5) is 1.18. The van der Waals surface area contributed by atoms with Crippen molar-refractivity contribution in [1.29, 1.82) is 0 Å². The van der Waals surface area contributed by atoms with Crippen molar-refractivity contribution < 1.29 is 15.3 Å². The molecule has 0 radical (unpaired) electrons. The molecule has 0 unspecified atom stereocenters. The van der Waals surface area contributed by atoms with E-state index < -0.39 is 6.10 Å². The number of rotatable bonds is 5.